The van der Waals surface area contributed by atoms with Gasteiger partial charge in [0, 0.05) is 0 Å². The maximum Gasteiger partial charge on any atom is 0.231 e. The van der Waals surface area contributed by atoms with Crippen molar-refractivity contribution in [3.63, 3.8) is 0 Å². The molecule has 32 heavy (non-hydrogen) atoms. The Morgan fingerprint density at radius 2 is 0.812 bits per heavy atom. The number of fused-ring (bicyclic) bond motifs is 2. The number of hydrogen-bond donors (Lipinski definition) is 4. The van der Waals surface area contributed by atoms with Crippen LogP contribution in [0.5, 0.6) is 0 Å². The van der Waals surface area contributed by atoms with Gasteiger partial charge in [-0.15, -0.1) is 0 Å². The molecule has 2 aromatic rings. The molecule has 2 aromatic carbocycles. The van der Waals surface area contributed by atoms with Crippen molar-refractivity contribution < 1.29 is 19.2 Å². The zero-order valence-electron chi connectivity index (χ0n) is 17.8. The summed E-state index contributed by atoms with van der Waals surface area (Å²) in [4.78, 5) is 33.4. The first-order valence-electron chi connectivity index (χ1n) is 9.79. The second-order valence-corrected chi connectivity index (χ2v) is 6.68. The summed E-state index contributed by atoms with van der Waals surface area (Å²) in [6.45, 7) is 0. The Labute approximate surface area is 187 Å². The van der Waals surface area contributed by atoms with E-state index >= 15 is 0 Å². The van der Waals surface area contributed by atoms with Gasteiger partial charge < -0.3 is 0 Å². The minimum Gasteiger partial charge on any atom is -0.222 e. The summed E-state index contributed by atoms with van der Waals surface area (Å²) in [6, 6.07) is 21.1. The lowest BCUT2D eigenvalue weighted by Crippen LogP contribution is -1.90. The summed E-state index contributed by atoms with van der Waals surface area (Å²) in [5, 5.41) is 21.6. The fraction of sp³-hybridized carbons (Fsp3) is 0.333. The van der Waals surface area contributed by atoms with Gasteiger partial charge in [0.25, 0.3) is 0 Å². The fourth-order valence-corrected chi connectivity index (χ4v) is 3.60. The molecule has 8 nitrogen and oxygen atoms in total. The van der Waals surface area contributed by atoms with Crippen molar-refractivity contribution in [1.82, 2.24) is 0 Å². The molecule has 0 amide bonds. The van der Waals surface area contributed by atoms with Crippen molar-refractivity contribution in [1.29, 1.82) is 21.6 Å². The molecule has 2 saturated carbocycles. The fourth-order valence-electron chi connectivity index (χ4n) is 3.60. The van der Waals surface area contributed by atoms with Crippen molar-refractivity contribution in [3.05, 3.63) is 71.8 Å². The van der Waals surface area contributed by atoms with Crippen molar-refractivity contribution in [2.75, 3.05) is 0 Å². The molecule has 168 valence electrons. The number of benzene rings is 2. The van der Waals surface area contributed by atoms with Crippen LogP contribution in [0, 0.1) is 33.5 Å². The Bertz CT molecular complexity index is 745. The summed E-state index contributed by atoms with van der Waals surface area (Å²) in [6.07, 6.45) is 11.9. The number of carbonyl (C=O) groups excluding carboxylic acids is 4. The first kappa shape index (κ1) is 30.2. The Morgan fingerprint density at radius 3 is 1.00 bits per heavy atom. The lowest BCUT2D eigenvalue weighted by atomic mass is 10.0. The molecular weight excluding hydrogens is 408 g/mol. The Kier molecular flexibility index (Phi) is 21.9. The van der Waals surface area contributed by atoms with Gasteiger partial charge in [0.05, 0.1) is 0 Å². The zero-order valence-corrected chi connectivity index (χ0v) is 17.8. The molecule has 0 unspecified atom stereocenters. The summed E-state index contributed by atoms with van der Waals surface area (Å²) in [5.74, 6) is 2.34. The van der Waals surface area contributed by atoms with Crippen LogP contribution < -0.4 is 0 Å². The Balaban J connectivity index is 0. The maximum absolute atomic E-state index is 8.35. The molecule has 4 rings (SSSR count). The van der Waals surface area contributed by atoms with E-state index in [1.165, 1.54) is 23.0 Å². The van der Waals surface area contributed by atoms with E-state index in [1.807, 2.05) is 0 Å². The van der Waals surface area contributed by atoms with Gasteiger partial charge in [-0.3, -0.25) is 0 Å². The number of nitrogens with one attached hydrogen (secondary N) is 4. The van der Waals surface area contributed by atoms with Crippen LogP contribution in [0.2, 0.25) is 0 Å². The van der Waals surface area contributed by atoms with Crippen LogP contribution in [0.15, 0.2) is 60.7 Å². The van der Waals surface area contributed by atoms with Crippen LogP contribution in [0.3, 0.4) is 0 Å². The smallest absolute Gasteiger partial charge is 0.222 e. The highest BCUT2D eigenvalue weighted by Gasteiger charge is 2.30. The molecule has 0 aliphatic heterocycles. The van der Waals surface area contributed by atoms with E-state index in [0.29, 0.717) is 0 Å². The molecule has 4 N–H and O–H groups in total. The molecule has 0 atom stereocenters. The van der Waals surface area contributed by atoms with Crippen LogP contribution in [0.25, 0.3) is 0 Å². The first-order chi connectivity index (χ1) is 15.6. The standard InChI is InChI=1S/C13H12.C7H12.4CHNO/c1-3-7-12(8-4-1)11-13-9-5-2-6-10-13;1-2-7-4-3-6(1)5-7;4*2-1-3/h1-10H,11H2;6-7H,1-5H2;4*2H. The number of rotatable bonds is 2. The molecule has 2 aliphatic rings. The predicted octanol–water partition coefficient (Wildman–Crippen LogP) is 5.08. The molecule has 8 heteroatoms. The third kappa shape index (κ3) is 18.0. The van der Waals surface area contributed by atoms with E-state index in [0.717, 1.165) is 30.7 Å². The van der Waals surface area contributed by atoms with Gasteiger partial charge in [-0.2, -0.15) is 0 Å². The molecule has 2 fully saturated rings. The minimum absolute atomic E-state index is 0.750. The van der Waals surface area contributed by atoms with Crippen LogP contribution in [-0.4, -0.2) is 24.3 Å². The second kappa shape index (κ2) is 23.2. The third-order valence-corrected chi connectivity index (χ3v) is 4.73. The molecule has 0 aromatic heterocycles. The first-order valence-corrected chi connectivity index (χ1v) is 9.79. The largest absolute Gasteiger partial charge is 0.231 e. The average molecular weight is 437 g/mol. The number of hydrogen-bond acceptors (Lipinski definition) is 8. The molecule has 0 radical (unpaired) electrons. The monoisotopic (exact) mass is 436 g/mol. The molecular formula is C24H28N4O4. The Morgan fingerprint density at radius 1 is 0.562 bits per heavy atom. The maximum atomic E-state index is 8.35. The topological polar surface area (TPSA) is 164 Å². The highest BCUT2D eigenvalue weighted by Crippen LogP contribution is 2.43. The third-order valence-electron chi connectivity index (χ3n) is 4.73. The lowest BCUT2D eigenvalue weighted by molar-refractivity contribution is 0.480. The van der Waals surface area contributed by atoms with Crippen molar-refractivity contribution >= 4 is 24.3 Å². The summed E-state index contributed by atoms with van der Waals surface area (Å²) in [5.41, 5.74) is 2.74. The second-order valence-electron chi connectivity index (χ2n) is 6.68. The minimum atomic E-state index is 0.750. The van der Waals surface area contributed by atoms with E-state index in [-0.39, 0.29) is 0 Å². The van der Waals surface area contributed by atoms with Gasteiger partial charge >= 0.3 is 0 Å². The summed E-state index contributed by atoms with van der Waals surface area (Å²) >= 11 is 0. The van der Waals surface area contributed by atoms with Gasteiger partial charge in [0.15, 0.2) is 0 Å². The van der Waals surface area contributed by atoms with E-state index < -0.39 is 0 Å². The molecule has 2 bridgehead atoms. The van der Waals surface area contributed by atoms with Gasteiger partial charge in [0.1, 0.15) is 0 Å². The quantitative estimate of drug-likeness (QED) is 0.381. The van der Waals surface area contributed by atoms with Crippen LogP contribution in [0.1, 0.15) is 43.2 Å². The van der Waals surface area contributed by atoms with Crippen molar-refractivity contribution in [2.45, 2.75) is 38.5 Å². The highest BCUT2D eigenvalue weighted by atomic mass is 16.1. The Hall–Kier alpha value is -4.04. The van der Waals surface area contributed by atoms with E-state index in [2.05, 4.69) is 60.7 Å². The van der Waals surface area contributed by atoms with Crippen LogP contribution in [-0.2, 0) is 25.6 Å². The average Bonchev–Trinajstić information content (AvgIpc) is 3.44. The van der Waals surface area contributed by atoms with Gasteiger partial charge in [-0.1, -0.05) is 86.3 Å². The van der Waals surface area contributed by atoms with Crippen LogP contribution >= 0.6 is 0 Å². The number of isocyanates is 4. The normalized spacial score (nSPS) is 15.5. The predicted molar refractivity (Wildman–Crippen MR) is 119 cm³/mol. The van der Waals surface area contributed by atoms with Crippen LogP contribution in [0.4, 0.5) is 0 Å². The van der Waals surface area contributed by atoms with E-state index in [1.54, 1.807) is 32.1 Å². The molecule has 2 aliphatic carbocycles. The highest BCUT2D eigenvalue weighted by molar-refractivity contribution is 5.27. The van der Waals surface area contributed by atoms with E-state index in [4.69, 9.17) is 40.8 Å². The summed E-state index contributed by atoms with van der Waals surface area (Å²) < 4.78 is 0. The lowest BCUT2D eigenvalue weighted by Gasteiger charge is -2.05. The van der Waals surface area contributed by atoms with Gasteiger partial charge in [-0.05, 0) is 35.8 Å². The zero-order chi connectivity index (χ0) is 24.5. The van der Waals surface area contributed by atoms with Crippen molar-refractivity contribution in [3.8, 4) is 0 Å². The van der Waals surface area contributed by atoms with E-state index in [9.17, 15) is 0 Å². The van der Waals surface area contributed by atoms with Gasteiger partial charge in [0.2, 0.25) is 24.3 Å². The summed E-state index contributed by atoms with van der Waals surface area (Å²) in [7, 11) is 0. The molecule has 0 saturated heterocycles. The van der Waals surface area contributed by atoms with Crippen molar-refractivity contribution in [2.24, 2.45) is 11.8 Å². The molecule has 0 heterocycles. The SMILES string of the molecule is C1CC2CCC1C2.N=C=O.N=C=O.N=C=O.N=C=O.c1ccc(Cc2ccccc2)cc1. The molecule has 0 spiro atoms. The van der Waals surface area contributed by atoms with Gasteiger partial charge in [-0.25, -0.2) is 40.8 Å².